The van der Waals surface area contributed by atoms with Crippen molar-refractivity contribution < 1.29 is 14.3 Å². The molecule has 0 aromatic carbocycles. The fourth-order valence-corrected chi connectivity index (χ4v) is 1.64. The highest BCUT2D eigenvalue weighted by molar-refractivity contribution is 5.93. The van der Waals surface area contributed by atoms with Gasteiger partial charge < -0.3 is 19.4 Å². The number of nitrogens with one attached hydrogen (secondary N) is 1. The molecule has 0 atom stereocenters. The molecule has 0 aliphatic heterocycles. The van der Waals surface area contributed by atoms with Crippen molar-refractivity contribution >= 4 is 5.91 Å². The van der Waals surface area contributed by atoms with Gasteiger partial charge in [-0.05, 0) is 12.5 Å². The Balaban J connectivity index is 2.68. The van der Waals surface area contributed by atoms with Crippen molar-refractivity contribution in [1.29, 1.82) is 0 Å². The molecule has 6 heteroatoms. The Morgan fingerprint density at radius 2 is 1.95 bits per heavy atom. The quantitative estimate of drug-likeness (QED) is 0.697. The van der Waals surface area contributed by atoms with E-state index in [1.54, 1.807) is 19.1 Å². The van der Waals surface area contributed by atoms with E-state index in [1.807, 2.05) is 0 Å². The molecular formula is C13H20N2O4. The molecule has 0 bridgehead atoms. The number of hydrogen-bond acceptors (Lipinski definition) is 4. The van der Waals surface area contributed by atoms with Crippen molar-refractivity contribution in [2.45, 2.75) is 6.42 Å². The maximum Gasteiger partial charge on any atom is 0.255 e. The molecule has 1 aromatic rings. The van der Waals surface area contributed by atoms with Gasteiger partial charge in [0.25, 0.3) is 5.91 Å². The lowest BCUT2D eigenvalue weighted by atomic mass is 10.2. The van der Waals surface area contributed by atoms with Crippen LogP contribution in [-0.2, 0) is 9.47 Å². The molecule has 0 aliphatic rings. The highest BCUT2D eigenvalue weighted by atomic mass is 16.5. The standard InChI is InChI=1S/C13H20N2O4/c1-18-8-3-6-15(7-9-19-2)13(17)11-4-5-12(16)14-10-11/h4-5,10H,3,6-9H2,1-2H3,(H,14,16). The van der Waals surface area contributed by atoms with Gasteiger partial charge in [-0.3, -0.25) is 9.59 Å². The molecule has 1 N–H and O–H groups in total. The summed E-state index contributed by atoms with van der Waals surface area (Å²) in [4.78, 5) is 27.4. The highest BCUT2D eigenvalue weighted by Crippen LogP contribution is 2.03. The zero-order valence-electron chi connectivity index (χ0n) is 11.3. The lowest BCUT2D eigenvalue weighted by Crippen LogP contribution is -2.35. The molecular weight excluding hydrogens is 248 g/mol. The van der Waals surface area contributed by atoms with E-state index >= 15 is 0 Å². The van der Waals surface area contributed by atoms with E-state index < -0.39 is 0 Å². The number of methoxy groups -OCH3 is 2. The lowest BCUT2D eigenvalue weighted by molar-refractivity contribution is 0.0673. The fraction of sp³-hybridized carbons (Fsp3) is 0.538. The number of rotatable bonds is 8. The average molecular weight is 268 g/mol. The van der Waals surface area contributed by atoms with Gasteiger partial charge in [-0.1, -0.05) is 0 Å². The van der Waals surface area contributed by atoms with Crippen molar-refractivity contribution in [2.75, 3.05) is 40.5 Å². The van der Waals surface area contributed by atoms with Gasteiger partial charge in [0.15, 0.2) is 0 Å². The average Bonchev–Trinajstić information content (AvgIpc) is 2.43. The molecule has 0 aliphatic carbocycles. The van der Waals surface area contributed by atoms with E-state index in [9.17, 15) is 9.59 Å². The first-order valence-electron chi connectivity index (χ1n) is 6.15. The number of carbonyl (C=O) groups excluding carboxylic acids is 1. The van der Waals surface area contributed by atoms with Crippen LogP contribution in [0.5, 0.6) is 0 Å². The fourth-order valence-electron chi connectivity index (χ4n) is 1.64. The van der Waals surface area contributed by atoms with Crippen LogP contribution in [0.2, 0.25) is 0 Å². The minimum Gasteiger partial charge on any atom is -0.385 e. The van der Waals surface area contributed by atoms with Gasteiger partial charge in [0.1, 0.15) is 0 Å². The number of ether oxygens (including phenoxy) is 2. The monoisotopic (exact) mass is 268 g/mol. The Labute approximate surface area is 112 Å². The Bertz CT molecular complexity index is 424. The number of aromatic amines is 1. The molecule has 106 valence electrons. The Morgan fingerprint density at radius 3 is 2.53 bits per heavy atom. The van der Waals surface area contributed by atoms with Gasteiger partial charge in [0, 0.05) is 46.2 Å². The topological polar surface area (TPSA) is 71.6 Å². The van der Waals surface area contributed by atoms with Crippen LogP contribution in [-0.4, -0.2) is 56.3 Å². The minimum absolute atomic E-state index is 0.121. The number of H-pyrrole nitrogens is 1. The first-order chi connectivity index (χ1) is 9.19. The van der Waals surface area contributed by atoms with Crippen LogP contribution in [0.1, 0.15) is 16.8 Å². The van der Waals surface area contributed by atoms with E-state index in [0.717, 1.165) is 6.42 Å². The number of carbonyl (C=O) groups is 1. The second-order valence-corrected chi connectivity index (χ2v) is 4.07. The van der Waals surface area contributed by atoms with Gasteiger partial charge in [0.2, 0.25) is 5.56 Å². The first kappa shape index (κ1) is 15.4. The van der Waals surface area contributed by atoms with Gasteiger partial charge >= 0.3 is 0 Å². The van der Waals surface area contributed by atoms with Gasteiger partial charge in [-0.2, -0.15) is 0 Å². The summed E-state index contributed by atoms with van der Waals surface area (Å²) in [5, 5.41) is 0. The van der Waals surface area contributed by atoms with Crippen LogP contribution in [0.15, 0.2) is 23.1 Å². The largest absolute Gasteiger partial charge is 0.385 e. The predicted molar refractivity (Wildman–Crippen MR) is 71.3 cm³/mol. The van der Waals surface area contributed by atoms with Crippen LogP contribution >= 0.6 is 0 Å². The summed E-state index contributed by atoms with van der Waals surface area (Å²) in [6, 6.07) is 2.87. The molecule has 0 saturated heterocycles. The van der Waals surface area contributed by atoms with E-state index in [2.05, 4.69) is 4.98 Å². The summed E-state index contributed by atoms with van der Waals surface area (Å²) in [6.07, 6.45) is 2.19. The molecule has 1 aromatic heterocycles. The first-order valence-corrected chi connectivity index (χ1v) is 6.15. The summed E-state index contributed by atoms with van der Waals surface area (Å²) in [5.74, 6) is -0.121. The number of nitrogens with zero attached hydrogens (tertiary/aromatic N) is 1. The number of aromatic nitrogens is 1. The highest BCUT2D eigenvalue weighted by Gasteiger charge is 2.15. The molecule has 1 amide bonds. The van der Waals surface area contributed by atoms with Crippen molar-refractivity contribution in [3.63, 3.8) is 0 Å². The van der Waals surface area contributed by atoms with Crippen molar-refractivity contribution in [3.05, 3.63) is 34.2 Å². The third-order valence-electron chi connectivity index (χ3n) is 2.66. The van der Waals surface area contributed by atoms with E-state index in [0.29, 0.717) is 31.9 Å². The van der Waals surface area contributed by atoms with Crippen molar-refractivity contribution in [2.24, 2.45) is 0 Å². The van der Waals surface area contributed by atoms with Gasteiger partial charge in [-0.25, -0.2) is 0 Å². The van der Waals surface area contributed by atoms with E-state index in [4.69, 9.17) is 9.47 Å². The normalized spacial score (nSPS) is 10.4. The van der Waals surface area contributed by atoms with Crippen molar-refractivity contribution in [3.8, 4) is 0 Å². The molecule has 0 saturated carbocycles. The molecule has 0 unspecified atom stereocenters. The Hall–Kier alpha value is -1.66. The van der Waals surface area contributed by atoms with Crippen LogP contribution in [0.25, 0.3) is 0 Å². The van der Waals surface area contributed by atoms with Gasteiger partial charge in [-0.15, -0.1) is 0 Å². The third-order valence-corrected chi connectivity index (χ3v) is 2.66. The number of amides is 1. The molecule has 19 heavy (non-hydrogen) atoms. The zero-order valence-corrected chi connectivity index (χ0v) is 11.3. The van der Waals surface area contributed by atoms with Crippen molar-refractivity contribution in [1.82, 2.24) is 9.88 Å². The maximum absolute atomic E-state index is 12.3. The van der Waals surface area contributed by atoms with Gasteiger partial charge in [0.05, 0.1) is 12.2 Å². The van der Waals surface area contributed by atoms with Crippen LogP contribution < -0.4 is 5.56 Å². The summed E-state index contributed by atoms with van der Waals surface area (Å²) >= 11 is 0. The summed E-state index contributed by atoms with van der Waals surface area (Å²) in [5.41, 5.74) is 0.243. The van der Waals surface area contributed by atoms with E-state index in [1.165, 1.54) is 18.3 Å². The smallest absolute Gasteiger partial charge is 0.255 e. The summed E-state index contributed by atoms with van der Waals surface area (Å²) < 4.78 is 9.98. The Morgan fingerprint density at radius 1 is 1.21 bits per heavy atom. The number of pyridine rings is 1. The summed E-state index contributed by atoms with van der Waals surface area (Å²) in [6.45, 7) is 2.18. The Kier molecular flexibility index (Phi) is 6.84. The molecule has 0 spiro atoms. The lowest BCUT2D eigenvalue weighted by Gasteiger charge is -2.22. The third kappa shape index (κ3) is 5.23. The second-order valence-electron chi connectivity index (χ2n) is 4.07. The summed E-state index contributed by atoms with van der Waals surface area (Å²) in [7, 11) is 3.22. The number of hydrogen-bond donors (Lipinski definition) is 1. The van der Waals surface area contributed by atoms with Crippen LogP contribution in [0.3, 0.4) is 0 Å². The molecule has 0 radical (unpaired) electrons. The SMILES string of the molecule is COCCCN(CCOC)C(=O)c1ccc(=O)[nH]c1. The molecule has 6 nitrogen and oxygen atoms in total. The zero-order chi connectivity index (χ0) is 14.1. The maximum atomic E-state index is 12.3. The molecule has 0 fully saturated rings. The minimum atomic E-state index is -0.223. The van der Waals surface area contributed by atoms with Crippen LogP contribution in [0.4, 0.5) is 0 Å². The molecule has 1 rings (SSSR count). The van der Waals surface area contributed by atoms with E-state index in [-0.39, 0.29) is 11.5 Å². The second kappa shape index (κ2) is 8.44. The van der Waals surface area contributed by atoms with Crippen LogP contribution in [0, 0.1) is 0 Å². The molecule has 1 heterocycles. The predicted octanol–water partition coefficient (Wildman–Crippen LogP) is 0.500.